The van der Waals surface area contributed by atoms with Gasteiger partial charge >= 0.3 is 0 Å². The summed E-state index contributed by atoms with van der Waals surface area (Å²) in [5.74, 6) is 1.83. The summed E-state index contributed by atoms with van der Waals surface area (Å²) < 4.78 is 11.1. The van der Waals surface area contributed by atoms with E-state index in [2.05, 4.69) is 10.2 Å². The Morgan fingerprint density at radius 3 is 2.36 bits per heavy atom. The SMILES string of the molecule is Cl.O=C(CCOC1CCOCC1)N1CC[C@@H]2CNC[C@@H]2CC1. The number of ether oxygens (including phenoxy) is 2. The Hall–Kier alpha value is -0.360. The molecule has 3 aliphatic heterocycles. The van der Waals surface area contributed by atoms with E-state index in [-0.39, 0.29) is 18.3 Å². The molecule has 0 aromatic carbocycles. The Kier molecular flexibility index (Phi) is 7.41. The van der Waals surface area contributed by atoms with Crippen molar-refractivity contribution in [3.05, 3.63) is 0 Å². The lowest BCUT2D eigenvalue weighted by Gasteiger charge is -2.24. The zero-order valence-corrected chi connectivity index (χ0v) is 14.1. The average molecular weight is 333 g/mol. The number of hydrogen-bond donors (Lipinski definition) is 1. The zero-order chi connectivity index (χ0) is 14.5. The maximum absolute atomic E-state index is 12.3. The first-order valence-corrected chi connectivity index (χ1v) is 8.51. The number of hydrogen-bond acceptors (Lipinski definition) is 4. The molecule has 3 fully saturated rings. The van der Waals surface area contributed by atoms with Crippen molar-refractivity contribution in [3.8, 4) is 0 Å². The van der Waals surface area contributed by atoms with E-state index in [0.29, 0.717) is 19.1 Å². The first kappa shape index (κ1) is 18.0. The van der Waals surface area contributed by atoms with Gasteiger partial charge in [-0.25, -0.2) is 0 Å². The van der Waals surface area contributed by atoms with Crippen LogP contribution in [0.2, 0.25) is 0 Å². The number of amides is 1. The molecule has 0 bridgehead atoms. The minimum atomic E-state index is 0. The van der Waals surface area contributed by atoms with Crippen LogP contribution in [0.25, 0.3) is 0 Å². The predicted molar refractivity (Wildman–Crippen MR) is 87.3 cm³/mol. The number of likely N-dealkylation sites (tertiary alicyclic amines) is 1. The molecular formula is C16H29ClN2O3. The van der Waals surface area contributed by atoms with E-state index in [1.54, 1.807) is 0 Å². The first-order valence-electron chi connectivity index (χ1n) is 8.51. The van der Waals surface area contributed by atoms with Crippen LogP contribution in [-0.2, 0) is 14.3 Å². The molecule has 5 nitrogen and oxygen atoms in total. The number of rotatable bonds is 4. The highest BCUT2D eigenvalue weighted by atomic mass is 35.5. The lowest BCUT2D eigenvalue weighted by molar-refractivity contribution is -0.133. The quantitative estimate of drug-likeness (QED) is 0.846. The maximum Gasteiger partial charge on any atom is 0.224 e. The third kappa shape index (κ3) is 4.82. The molecule has 2 atom stereocenters. The summed E-state index contributed by atoms with van der Waals surface area (Å²) in [6.07, 6.45) is 5.07. The zero-order valence-electron chi connectivity index (χ0n) is 13.3. The normalized spacial score (nSPS) is 29.5. The lowest BCUT2D eigenvalue weighted by Crippen LogP contribution is -2.34. The molecular weight excluding hydrogens is 304 g/mol. The summed E-state index contributed by atoms with van der Waals surface area (Å²) in [6.45, 7) is 6.29. The van der Waals surface area contributed by atoms with Crippen LogP contribution in [0.1, 0.15) is 32.1 Å². The Balaban J connectivity index is 0.00000176. The fourth-order valence-electron chi connectivity index (χ4n) is 3.78. The molecule has 0 radical (unpaired) electrons. The Bertz CT molecular complexity index is 336. The molecule has 0 aliphatic carbocycles. The van der Waals surface area contributed by atoms with Gasteiger partial charge in [-0.1, -0.05) is 0 Å². The van der Waals surface area contributed by atoms with Crippen LogP contribution in [0.3, 0.4) is 0 Å². The van der Waals surface area contributed by atoms with Crippen molar-refractivity contribution >= 4 is 18.3 Å². The Morgan fingerprint density at radius 2 is 1.73 bits per heavy atom. The highest BCUT2D eigenvalue weighted by Gasteiger charge is 2.31. The fraction of sp³-hybridized carbons (Fsp3) is 0.938. The minimum absolute atomic E-state index is 0. The van der Waals surface area contributed by atoms with Crippen molar-refractivity contribution in [3.63, 3.8) is 0 Å². The summed E-state index contributed by atoms with van der Waals surface area (Å²) in [6, 6.07) is 0. The largest absolute Gasteiger partial charge is 0.381 e. The van der Waals surface area contributed by atoms with Crippen molar-refractivity contribution < 1.29 is 14.3 Å². The van der Waals surface area contributed by atoms with Gasteiger partial charge in [0.15, 0.2) is 0 Å². The summed E-state index contributed by atoms with van der Waals surface area (Å²) in [5, 5.41) is 3.47. The average Bonchev–Trinajstić information content (AvgIpc) is 2.87. The molecule has 0 saturated carbocycles. The van der Waals surface area contributed by atoms with Gasteiger partial charge in [-0.05, 0) is 50.6 Å². The second kappa shape index (κ2) is 9.06. The maximum atomic E-state index is 12.3. The van der Waals surface area contributed by atoms with Crippen LogP contribution >= 0.6 is 12.4 Å². The van der Waals surface area contributed by atoms with Crippen molar-refractivity contribution in [2.75, 3.05) is 46.0 Å². The van der Waals surface area contributed by atoms with E-state index >= 15 is 0 Å². The van der Waals surface area contributed by atoms with Gasteiger partial charge in [0.05, 0.1) is 19.1 Å². The molecule has 3 rings (SSSR count). The van der Waals surface area contributed by atoms with Crippen LogP contribution in [0, 0.1) is 11.8 Å². The predicted octanol–water partition coefficient (Wildman–Crippen LogP) is 1.45. The van der Waals surface area contributed by atoms with Gasteiger partial charge in [-0.2, -0.15) is 0 Å². The molecule has 3 aliphatic rings. The van der Waals surface area contributed by atoms with E-state index in [1.807, 2.05) is 0 Å². The molecule has 3 heterocycles. The standard InChI is InChI=1S/C16H28N2O3.ClH/c19-16(5-10-21-15-3-8-20-9-4-15)18-6-1-13-11-17-12-14(13)2-7-18;/h13-15,17H,1-12H2;1H/t13-,14+;. The molecule has 0 aromatic rings. The molecule has 3 saturated heterocycles. The number of carbonyl (C=O) groups is 1. The smallest absolute Gasteiger partial charge is 0.224 e. The highest BCUT2D eigenvalue weighted by molar-refractivity contribution is 5.85. The van der Waals surface area contributed by atoms with Crippen molar-refractivity contribution in [1.82, 2.24) is 10.2 Å². The summed E-state index contributed by atoms with van der Waals surface area (Å²) in [5.41, 5.74) is 0. The van der Waals surface area contributed by atoms with Gasteiger partial charge in [-0.3, -0.25) is 4.79 Å². The third-order valence-corrected chi connectivity index (χ3v) is 5.21. The Labute approximate surface area is 139 Å². The summed E-state index contributed by atoms with van der Waals surface area (Å²) in [7, 11) is 0. The topological polar surface area (TPSA) is 50.8 Å². The van der Waals surface area contributed by atoms with E-state index < -0.39 is 0 Å². The molecule has 1 N–H and O–H groups in total. The van der Waals surface area contributed by atoms with Gasteiger partial charge < -0.3 is 19.7 Å². The number of halogens is 1. The van der Waals surface area contributed by atoms with E-state index in [1.165, 1.54) is 0 Å². The lowest BCUT2D eigenvalue weighted by atomic mass is 9.92. The second-order valence-electron chi connectivity index (χ2n) is 6.57. The van der Waals surface area contributed by atoms with E-state index in [0.717, 1.165) is 76.9 Å². The van der Waals surface area contributed by atoms with Crippen LogP contribution in [0.4, 0.5) is 0 Å². The van der Waals surface area contributed by atoms with Crippen LogP contribution in [0.15, 0.2) is 0 Å². The first-order chi connectivity index (χ1) is 10.3. The van der Waals surface area contributed by atoms with Crippen LogP contribution in [0.5, 0.6) is 0 Å². The van der Waals surface area contributed by atoms with Crippen molar-refractivity contribution in [2.24, 2.45) is 11.8 Å². The monoisotopic (exact) mass is 332 g/mol. The molecule has 0 unspecified atom stereocenters. The number of nitrogens with zero attached hydrogens (tertiary/aromatic N) is 1. The molecule has 6 heteroatoms. The Morgan fingerprint density at radius 1 is 1.09 bits per heavy atom. The third-order valence-electron chi connectivity index (χ3n) is 5.21. The van der Waals surface area contributed by atoms with E-state index in [9.17, 15) is 4.79 Å². The summed E-state index contributed by atoms with van der Waals surface area (Å²) >= 11 is 0. The van der Waals surface area contributed by atoms with Crippen LogP contribution in [-0.4, -0.2) is 62.9 Å². The summed E-state index contributed by atoms with van der Waals surface area (Å²) in [4.78, 5) is 14.4. The highest BCUT2D eigenvalue weighted by Crippen LogP contribution is 2.27. The van der Waals surface area contributed by atoms with Crippen molar-refractivity contribution in [1.29, 1.82) is 0 Å². The van der Waals surface area contributed by atoms with Gasteiger partial charge in [0.25, 0.3) is 0 Å². The van der Waals surface area contributed by atoms with Crippen molar-refractivity contribution in [2.45, 2.75) is 38.2 Å². The van der Waals surface area contributed by atoms with Gasteiger partial charge in [0.1, 0.15) is 0 Å². The molecule has 1 amide bonds. The molecule has 22 heavy (non-hydrogen) atoms. The van der Waals surface area contributed by atoms with Gasteiger partial charge in [0, 0.05) is 26.3 Å². The fourth-order valence-corrected chi connectivity index (χ4v) is 3.78. The minimum Gasteiger partial charge on any atom is -0.381 e. The van der Waals surface area contributed by atoms with Gasteiger partial charge in [0.2, 0.25) is 5.91 Å². The molecule has 0 spiro atoms. The number of carbonyl (C=O) groups excluding carboxylic acids is 1. The molecule has 128 valence electrons. The van der Waals surface area contributed by atoms with Crippen LogP contribution < -0.4 is 5.32 Å². The number of fused-ring (bicyclic) bond motifs is 1. The second-order valence-corrected chi connectivity index (χ2v) is 6.57. The van der Waals surface area contributed by atoms with Gasteiger partial charge in [-0.15, -0.1) is 12.4 Å². The molecule has 0 aromatic heterocycles. The number of nitrogens with one attached hydrogen (secondary N) is 1. The van der Waals surface area contributed by atoms with E-state index in [4.69, 9.17) is 9.47 Å².